The van der Waals surface area contributed by atoms with Crippen LogP contribution >= 0.6 is 22.6 Å². The third-order valence-corrected chi connectivity index (χ3v) is 3.70. The Labute approximate surface area is 130 Å². The number of carbonyl (C=O) groups is 1. The predicted molar refractivity (Wildman–Crippen MR) is 86.7 cm³/mol. The molecule has 1 aromatic carbocycles. The molecule has 100 valence electrons. The zero-order valence-electron chi connectivity index (χ0n) is 10.6. The van der Waals surface area contributed by atoms with Crippen molar-refractivity contribution in [1.82, 2.24) is 9.38 Å². The van der Waals surface area contributed by atoms with Crippen LogP contribution in [0, 0.1) is 3.57 Å². The Hall–Kier alpha value is -1.89. The number of nitrogens with zero attached hydrogens (tertiary/aromatic N) is 2. The maximum Gasteiger partial charge on any atom is 0.230 e. The van der Waals surface area contributed by atoms with Crippen molar-refractivity contribution in [2.45, 2.75) is 6.42 Å². The minimum Gasteiger partial charge on any atom is -0.326 e. The Kier molecular flexibility index (Phi) is 3.68. The number of imidazole rings is 1. The molecular formula is C15H12IN3O. The van der Waals surface area contributed by atoms with Crippen LogP contribution in [0.5, 0.6) is 0 Å². The fourth-order valence-corrected chi connectivity index (χ4v) is 2.41. The fourth-order valence-electron chi connectivity index (χ4n) is 2.05. The molecule has 0 saturated carbocycles. The lowest BCUT2D eigenvalue weighted by Gasteiger charge is -2.07. The molecule has 0 spiro atoms. The van der Waals surface area contributed by atoms with Crippen molar-refractivity contribution in [2.24, 2.45) is 0 Å². The summed E-state index contributed by atoms with van der Waals surface area (Å²) in [5.41, 5.74) is 2.58. The maximum absolute atomic E-state index is 12.1. The van der Waals surface area contributed by atoms with Gasteiger partial charge in [0, 0.05) is 27.3 Å². The first-order valence-electron chi connectivity index (χ1n) is 6.19. The molecule has 0 aliphatic rings. The highest BCUT2D eigenvalue weighted by Crippen LogP contribution is 2.12. The van der Waals surface area contributed by atoms with Crippen molar-refractivity contribution in [2.75, 3.05) is 5.32 Å². The zero-order valence-corrected chi connectivity index (χ0v) is 12.7. The summed E-state index contributed by atoms with van der Waals surface area (Å²) in [6, 6.07) is 13.5. The van der Waals surface area contributed by atoms with Gasteiger partial charge in [0.05, 0.1) is 6.42 Å². The molecule has 0 aliphatic heterocycles. The highest BCUT2D eigenvalue weighted by molar-refractivity contribution is 14.1. The molecule has 1 N–H and O–H groups in total. The van der Waals surface area contributed by atoms with Gasteiger partial charge in [-0.2, -0.15) is 0 Å². The van der Waals surface area contributed by atoms with E-state index in [1.165, 1.54) is 0 Å². The van der Waals surface area contributed by atoms with Gasteiger partial charge in [0.15, 0.2) is 0 Å². The molecule has 2 aromatic heterocycles. The second-order valence-corrected chi connectivity index (χ2v) is 5.65. The summed E-state index contributed by atoms with van der Waals surface area (Å²) in [7, 11) is 0. The number of carbonyl (C=O) groups excluding carboxylic acids is 1. The minimum absolute atomic E-state index is 0.0348. The molecule has 1 amide bonds. The van der Waals surface area contributed by atoms with Crippen LogP contribution in [0.2, 0.25) is 0 Å². The third kappa shape index (κ3) is 2.82. The van der Waals surface area contributed by atoms with E-state index in [0.717, 1.165) is 20.6 Å². The normalized spacial score (nSPS) is 10.7. The summed E-state index contributed by atoms with van der Waals surface area (Å²) >= 11 is 2.23. The van der Waals surface area contributed by atoms with E-state index >= 15 is 0 Å². The summed E-state index contributed by atoms with van der Waals surface area (Å²) in [4.78, 5) is 16.3. The molecule has 0 bridgehead atoms. The Morgan fingerprint density at radius 3 is 2.80 bits per heavy atom. The van der Waals surface area contributed by atoms with E-state index in [1.54, 1.807) is 6.20 Å². The van der Waals surface area contributed by atoms with E-state index in [4.69, 9.17) is 0 Å². The van der Waals surface area contributed by atoms with Gasteiger partial charge in [-0.1, -0.05) is 6.07 Å². The number of halogens is 1. The van der Waals surface area contributed by atoms with Crippen LogP contribution < -0.4 is 5.32 Å². The standard InChI is InChI=1S/C15H12IN3O/c16-11-4-6-12(7-5-11)18-15(20)10-13-2-1-3-14-17-8-9-19(13)14/h1-9H,10H2,(H,18,20). The maximum atomic E-state index is 12.1. The molecule has 2 heterocycles. The van der Waals surface area contributed by atoms with E-state index in [-0.39, 0.29) is 5.91 Å². The highest BCUT2D eigenvalue weighted by Gasteiger charge is 2.07. The first-order chi connectivity index (χ1) is 9.72. The third-order valence-electron chi connectivity index (χ3n) is 2.98. The molecule has 0 atom stereocenters. The number of anilines is 1. The van der Waals surface area contributed by atoms with Gasteiger partial charge < -0.3 is 9.72 Å². The molecule has 0 saturated heterocycles. The number of fused-ring (bicyclic) bond motifs is 1. The molecule has 4 nitrogen and oxygen atoms in total. The Morgan fingerprint density at radius 2 is 2.00 bits per heavy atom. The lowest BCUT2D eigenvalue weighted by atomic mass is 10.2. The smallest absolute Gasteiger partial charge is 0.230 e. The van der Waals surface area contributed by atoms with Crippen LogP contribution in [0.1, 0.15) is 5.69 Å². The van der Waals surface area contributed by atoms with Crippen LogP contribution in [0.3, 0.4) is 0 Å². The van der Waals surface area contributed by atoms with Crippen LogP contribution in [-0.4, -0.2) is 15.3 Å². The first kappa shape index (κ1) is 13.1. The number of rotatable bonds is 3. The minimum atomic E-state index is -0.0348. The number of hydrogen-bond donors (Lipinski definition) is 1. The molecule has 0 unspecified atom stereocenters. The quantitative estimate of drug-likeness (QED) is 0.713. The summed E-state index contributed by atoms with van der Waals surface area (Å²) in [6.07, 6.45) is 3.92. The molecule has 3 rings (SSSR count). The Morgan fingerprint density at radius 1 is 1.20 bits per heavy atom. The van der Waals surface area contributed by atoms with E-state index in [2.05, 4.69) is 32.9 Å². The lowest BCUT2D eigenvalue weighted by molar-refractivity contribution is -0.115. The van der Waals surface area contributed by atoms with E-state index in [1.807, 2.05) is 53.1 Å². The van der Waals surface area contributed by atoms with Crippen molar-refractivity contribution in [3.8, 4) is 0 Å². The summed E-state index contributed by atoms with van der Waals surface area (Å²) in [5.74, 6) is -0.0348. The van der Waals surface area contributed by atoms with E-state index in [9.17, 15) is 4.79 Å². The van der Waals surface area contributed by atoms with Crippen molar-refractivity contribution < 1.29 is 4.79 Å². The number of benzene rings is 1. The van der Waals surface area contributed by atoms with Crippen molar-refractivity contribution >= 4 is 39.8 Å². The topological polar surface area (TPSA) is 46.4 Å². The molecule has 0 radical (unpaired) electrons. The second-order valence-electron chi connectivity index (χ2n) is 4.40. The van der Waals surface area contributed by atoms with Crippen LogP contribution in [-0.2, 0) is 11.2 Å². The predicted octanol–water partition coefficient (Wildman–Crippen LogP) is 3.12. The molecule has 3 aromatic rings. The monoisotopic (exact) mass is 377 g/mol. The molecular weight excluding hydrogens is 365 g/mol. The molecule has 20 heavy (non-hydrogen) atoms. The number of nitrogens with one attached hydrogen (secondary N) is 1. The van der Waals surface area contributed by atoms with Crippen molar-refractivity contribution in [3.05, 3.63) is 64.1 Å². The number of amides is 1. The summed E-state index contributed by atoms with van der Waals surface area (Å²) < 4.78 is 3.07. The second kappa shape index (κ2) is 5.62. The summed E-state index contributed by atoms with van der Waals surface area (Å²) in [5, 5.41) is 2.90. The number of hydrogen-bond acceptors (Lipinski definition) is 2. The fraction of sp³-hybridized carbons (Fsp3) is 0.0667. The highest BCUT2D eigenvalue weighted by atomic mass is 127. The van der Waals surface area contributed by atoms with Gasteiger partial charge in [0.2, 0.25) is 5.91 Å². The van der Waals surface area contributed by atoms with Gasteiger partial charge in [0.25, 0.3) is 0 Å². The SMILES string of the molecule is O=C(Cc1cccc2nccn12)Nc1ccc(I)cc1. The Bertz CT molecular complexity index is 749. The molecule has 0 aliphatic carbocycles. The van der Waals surface area contributed by atoms with Gasteiger partial charge in [0.1, 0.15) is 5.65 Å². The van der Waals surface area contributed by atoms with Crippen LogP contribution in [0.25, 0.3) is 5.65 Å². The van der Waals surface area contributed by atoms with Gasteiger partial charge in [-0.05, 0) is 59.0 Å². The average Bonchev–Trinajstić information content (AvgIpc) is 2.91. The number of pyridine rings is 1. The average molecular weight is 377 g/mol. The van der Waals surface area contributed by atoms with Crippen LogP contribution in [0.4, 0.5) is 5.69 Å². The van der Waals surface area contributed by atoms with Gasteiger partial charge >= 0.3 is 0 Å². The van der Waals surface area contributed by atoms with Gasteiger partial charge in [-0.3, -0.25) is 4.79 Å². The van der Waals surface area contributed by atoms with E-state index < -0.39 is 0 Å². The largest absolute Gasteiger partial charge is 0.326 e. The number of aromatic nitrogens is 2. The zero-order chi connectivity index (χ0) is 13.9. The van der Waals surface area contributed by atoms with Gasteiger partial charge in [-0.25, -0.2) is 4.98 Å². The van der Waals surface area contributed by atoms with E-state index in [0.29, 0.717) is 6.42 Å². The summed E-state index contributed by atoms with van der Waals surface area (Å²) in [6.45, 7) is 0. The Balaban J connectivity index is 1.76. The van der Waals surface area contributed by atoms with Crippen molar-refractivity contribution in [1.29, 1.82) is 0 Å². The lowest BCUT2D eigenvalue weighted by Crippen LogP contribution is -2.16. The first-order valence-corrected chi connectivity index (χ1v) is 7.26. The molecule has 5 heteroatoms. The van der Waals surface area contributed by atoms with Gasteiger partial charge in [-0.15, -0.1) is 0 Å². The van der Waals surface area contributed by atoms with Crippen LogP contribution in [0.15, 0.2) is 54.9 Å². The molecule has 0 fully saturated rings. The van der Waals surface area contributed by atoms with Crippen molar-refractivity contribution in [3.63, 3.8) is 0 Å².